The van der Waals surface area contributed by atoms with Gasteiger partial charge in [0.05, 0.1) is 0 Å². The summed E-state index contributed by atoms with van der Waals surface area (Å²) in [5, 5.41) is 6.72. The second-order valence-electron chi connectivity index (χ2n) is 6.57. The van der Waals surface area contributed by atoms with E-state index in [1.807, 2.05) is 25.7 Å². The van der Waals surface area contributed by atoms with Crippen molar-refractivity contribution in [3.05, 3.63) is 0 Å². The molecule has 2 fully saturated rings. The van der Waals surface area contributed by atoms with Crippen LogP contribution in [0.15, 0.2) is 0 Å². The predicted molar refractivity (Wildman–Crippen MR) is 75.2 cm³/mol. The monoisotopic (exact) mass is 269 g/mol. The van der Waals surface area contributed by atoms with Crippen molar-refractivity contribution >= 4 is 6.09 Å². The maximum absolute atomic E-state index is 12.1. The van der Waals surface area contributed by atoms with Gasteiger partial charge in [0.2, 0.25) is 0 Å². The average Bonchev–Trinajstić information content (AvgIpc) is 3.01. The minimum Gasteiger partial charge on any atom is -0.444 e. The molecule has 0 unspecified atom stereocenters. The third-order valence-electron chi connectivity index (χ3n) is 3.41. The number of carbonyl (C=O) groups excluding carboxylic acids is 1. The molecule has 1 heterocycles. The van der Waals surface area contributed by atoms with Crippen LogP contribution in [0.25, 0.3) is 0 Å². The molecule has 0 bridgehead atoms. The zero-order valence-electron chi connectivity index (χ0n) is 12.4. The van der Waals surface area contributed by atoms with Crippen molar-refractivity contribution in [2.75, 3.05) is 26.2 Å². The highest BCUT2D eigenvalue weighted by molar-refractivity contribution is 5.69. The Bertz CT molecular complexity index is 306. The second-order valence-corrected chi connectivity index (χ2v) is 6.57. The summed E-state index contributed by atoms with van der Waals surface area (Å²) in [6.45, 7) is 9.66. The normalized spacial score (nSPS) is 19.9. The van der Waals surface area contributed by atoms with Crippen LogP contribution in [0.5, 0.6) is 0 Å². The molecule has 2 rings (SSSR count). The molecule has 5 heteroatoms. The van der Waals surface area contributed by atoms with E-state index < -0.39 is 5.60 Å². The number of nitrogens with one attached hydrogen (secondary N) is 2. The van der Waals surface area contributed by atoms with Gasteiger partial charge in [0.25, 0.3) is 0 Å². The summed E-state index contributed by atoms with van der Waals surface area (Å²) >= 11 is 0. The first-order valence-electron chi connectivity index (χ1n) is 7.39. The number of hydrogen-bond donors (Lipinski definition) is 2. The Labute approximate surface area is 116 Å². The summed E-state index contributed by atoms with van der Waals surface area (Å²) in [5.41, 5.74) is -0.403. The van der Waals surface area contributed by atoms with Crippen molar-refractivity contribution in [1.29, 1.82) is 0 Å². The fraction of sp³-hybridized carbons (Fsp3) is 0.929. The molecular formula is C14H27N3O2. The van der Waals surface area contributed by atoms with Gasteiger partial charge < -0.3 is 20.3 Å². The molecular weight excluding hydrogens is 242 g/mol. The summed E-state index contributed by atoms with van der Waals surface area (Å²) < 4.78 is 5.47. The zero-order valence-corrected chi connectivity index (χ0v) is 12.4. The van der Waals surface area contributed by atoms with Gasteiger partial charge >= 0.3 is 6.09 Å². The highest BCUT2D eigenvalue weighted by atomic mass is 16.6. The highest BCUT2D eigenvalue weighted by Gasteiger charge is 2.34. The van der Waals surface area contributed by atoms with E-state index in [1.165, 1.54) is 0 Å². The van der Waals surface area contributed by atoms with Crippen LogP contribution in [0.1, 0.15) is 40.0 Å². The lowest BCUT2D eigenvalue weighted by Crippen LogP contribution is -2.55. The molecule has 0 spiro atoms. The molecule has 1 amide bonds. The Balaban J connectivity index is 1.68. The SMILES string of the molecule is CC(C)(C)OC(=O)N(CCCNC1CNC1)C1CC1. The molecule has 0 aromatic heterocycles. The van der Waals surface area contributed by atoms with E-state index in [-0.39, 0.29) is 6.09 Å². The number of carbonyl (C=O) groups is 1. The maximum Gasteiger partial charge on any atom is 0.410 e. The van der Waals surface area contributed by atoms with E-state index in [0.717, 1.165) is 45.4 Å². The van der Waals surface area contributed by atoms with E-state index in [0.29, 0.717) is 12.1 Å². The fourth-order valence-electron chi connectivity index (χ4n) is 2.12. The molecule has 1 saturated carbocycles. The maximum atomic E-state index is 12.1. The Hall–Kier alpha value is -0.810. The van der Waals surface area contributed by atoms with Gasteiger partial charge in [-0.3, -0.25) is 0 Å². The van der Waals surface area contributed by atoms with Gasteiger partial charge in [-0.15, -0.1) is 0 Å². The summed E-state index contributed by atoms with van der Waals surface area (Å²) in [7, 11) is 0. The van der Waals surface area contributed by atoms with Gasteiger partial charge in [-0.25, -0.2) is 4.79 Å². The first-order chi connectivity index (χ1) is 8.96. The summed E-state index contributed by atoms with van der Waals surface area (Å²) in [6, 6.07) is 1.04. The van der Waals surface area contributed by atoms with Crippen LogP contribution in [0.4, 0.5) is 4.79 Å². The third kappa shape index (κ3) is 4.99. The number of ether oxygens (including phenoxy) is 1. The molecule has 1 saturated heterocycles. The molecule has 2 aliphatic rings. The zero-order chi connectivity index (χ0) is 13.9. The Kier molecular flexibility index (Phi) is 4.68. The fourth-order valence-corrected chi connectivity index (χ4v) is 2.12. The molecule has 2 N–H and O–H groups in total. The second kappa shape index (κ2) is 6.09. The number of rotatable bonds is 6. The van der Waals surface area contributed by atoms with Crippen LogP contribution in [0, 0.1) is 0 Å². The Morgan fingerprint density at radius 3 is 2.53 bits per heavy atom. The van der Waals surface area contributed by atoms with Crippen molar-refractivity contribution in [3.8, 4) is 0 Å². The lowest BCUT2D eigenvalue weighted by molar-refractivity contribution is 0.0231. The van der Waals surface area contributed by atoms with Crippen LogP contribution < -0.4 is 10.6 Å². The van der Waals surface area contributed by atoms with E-state index in [9.17, 15) is 4.79 Å². The highest BCUT2D eigenvalue weighted by Crippen LogP contribution is 2.28. The lowest BCUT2D eigenvalue weighted by atomic mass is 10.2. The summed E-state index contributed by atoms with van der Waals surface area (Å²) in [6.07, 6.45) is 3.09. The smallest absolute Gasteiger partial charge is 0.410 e. The van der Waals surface area contributed by atoms with Crippen LogP contribution in [-0.2, 0) is 4.74 Å². The molecule has 110 valence electrons. The van der Waals surface area contributed by atoms with Crippen LogP contribution in [0.3, 0.4) is 0 Å². The topological polar surface area (TPSA) is 53.6 Å². The van der Waals surface area contributed by atoms with Crippen LogP contribution in [-0.4, -0.2) is 54.9 Å². The Morgan fingerprint density at radius 2 is 2.05 bits per heavy atom. The van der Waals surface area contributed by atoms with Gasteiger partial charge in [-0.1, -0.05) is 0 Å². The van der Waals surface area contributed by atoms with E-state index in [1.54, 1.807) is 0 Å². The third-order valence-corrected chi connectivity index (χ3v) is 3.41. The minimum absolute atomic E-state index is 0.152. The van der Waals surface area contributed by atoms with Crippen LogP contribution in [0.2, 0.25) is 0 Å². The number of amides is 1. The first-order valence-corrected chi connectivity index (χ1v) is 7.39. The largest absolute Gasteiger partial charge is 0.444 e. The molecule has 0 radical (unpaired) electrons. The molecule has 0 aromatic carbocycles. The van der Waals surface area contributed by atoms with Crippen molar-refractivity contribution < 1.29 is 9.53 Å². The predicted octanol–water partition coefficient (Wildman–Crippen LogP) is 1.34. The number of nitrogens with zero attached hydrogens (tertiary/aromatic N) is 1. The molecule has 1 aliphatic carbocycles. The first kappa shape index (κ1) is 14.6. The van der Waals surface area contributed by atoms with Crippen molar-refractivity contribution in [3.63, 3.8) is 0 Å². The minimum atomic E-state index is -0.403. The number of hydrogen-bond acceptors (Lipinski definition) is 4. The van der Waals surface area contributed by atoms with Crippen LogP contribution >= 0.6 is 0 Å². The van der Waals surface area contributed by atoms with E-state index >= 15 is 0 Å². The van der Waals surface area contributed by atoms with Gasteiger partial charge in [0.1, 0.15) is 5.60 Å². The quantitative estimate of drug-likeness (QED) is 0.715. The standard InChI is InChI=1S/C14H27N3O2/c1-14(2,3)19-13(18)17(12-5-6-12)8-4-7-16-11-9-15-10-11/h11-12,15-16H,4-10H2,1-3H3. The van der Waals surface area contributed by atoms with E-state index in [2.05, 4.69) is 10.6 Å². The molecule has 0 atom stereocenters. The molecule has 0 aromatic rings. The van der Waals surface area contributed by atoms with Gasteiger partial charge in [-0.2, -0.15) is 0 Å². The molecule has 19 heavy (non-hydrogen) atoms. The van der Waals surface area contributed by atoms with Crippen molar-refractivity contribution in [2.24, 2.45) is 0 Å². The summed E-state index contributed by atoms with van der Waals surface area (Å²) in [4.78, 5) is 14.0. The van der Waals surface area contributed by atoms with Gasteiger partial charge in [-0.05, 0) is 46.6 Å². The average molecular weight is 269 g/mol. The van der Waals surface area contributed by atoms with Gasteiger partial charge in [0.15, 0.2) is 0 Å². The lowest BCUT2D eigenvalue weighted by Gasteiger charge is -2.29. The molecule has 5 nitrogen and oxygen atoms in total. The summed E-state index contributed by atoms with van der Waals surface area (Å²) in [5.74, 6) is 0. The van der Waals surface area contributed by atoms with E-state index in [4.69, 9.17) is 4.74 Å². The van der Waals surface area contributed by atoms with Crippen molar-refractivity contribution in [2.45, 2.75) is 57.7 Å². The van der Waals surface area contributed by atoms with Crippen molar-refractivity contribution in [1.82, 2.24) is 15.5 Å². The molecule has 1 aliphatic heterocycles. The Morgan fingerprint density at radius 1 is 1.37 bits per heavy atom. The van der Waals surface area contributed by atoms with Gasteiger partial charge in [0, 0.05) is 31.7 Å².